The highest BCUT2D eigenvalue weighted by Gasteiger charge is 2.32. The van der Waals surface area contributed by atoms with Gasteiger partial charge in [-0.3, -0.25) is 4.79 Å². The summed E-state index contributed by atoms with van der Waals surface area (Å²) < 4.78 is 22.3. The maximum absolute atomic E-state index is 13.1. The average molecular weight is 604 g/mol. The van der Waals surface area contributed by atoms with E-state index in [0.29, 0.717) is 37.5 Å². The summed E-state index contributed by atoms with van der Waals surface area (Å²) in [6.07, 6.45) is 4.40. The Morgan fingerprint density at radius 1 is 0.786 bits per heavy atom. The van der Waals surface area contributed by atoms with Gasteiger partial charge in [-0.25, -0.2) is 14.4 Å². The topological polar surface area (TPSA) is 92.5 Å². The van der Waals surface area contributed by atoms with E-state index in [9.17, 15) is 14.4 Å². The van der Waals surface area contributed by atoms with Crippen molar-refractivity contribution in [2.45, 2.75) is 49.3 Å². The van der Waals surface area contributed by atoms with Crippen molar-refractivity contribution in [3.63, 3.8) is 0 Å². The lowest BCUT2D eigenvalue weighted by atomic mass is 10.1. The summed E-state index contributed by atoms with van der Waals surface area (Å²) in [7, 11) is 1.19. The number of methoxy groups -OCH3 is 1. The van der Waals surface area contributed by atoms with Gasteiger partial charge in [-0.15, -0.1) is 0 Å². The van der Waals surface area contributed by atoms with Crippen LogP contribution in [0.15, 0.2) is 80.4 Å². The van der Waals surface area contributed by atoms with Crippen molar-refractivity contribution in [2.75, 3.05) is 13.7 Å². The first-order valence-corrected chi connectivity index (χ1v) is 14.9. The van der Waals surface area contributed by atoms with Crippen molar-refractivity contribution in [1.82, 2.24) is 0 Å². The van der Waals surface area contributed by atoms with Gasteiger partial charge in [0, 0.05) is 0 Å². The molecule has 1 aliphatic rings. The van der Waals surface area contributed by atoms with Crippen LogP contribution in [0.25, 0.3) is 4.85 Å². The minimum Gasteiger partial charge on any atom is -0.494 e. The Bertz CT molecular complexity index is 1540. The lowest BCUT2D eigenvalue weighted by Gasteiger charge is -2.12. The van der Waals surface area contributed by atoms with Gasteiger partial charge in [-0.1, -0.05) is 67.4 Å². The van der Waals surface area contributed by atoms with Crippen LogP contribution in [-0.2, 0) is 9.53 Å². The number of carbonyl (C=O) groups is 3. The first-order valence-electron chi connectivity index (χ1n) is 13.3. The van der Waals surface area contributed by atoms with Crippen molar-refractivity contribution in [1.29, 1.82) is 0 Å². The summed E-state index contributed by atoms with van der Waals surface area (Å²) in [5.74, 6) is -0.897. The maximum atomic E-state index is 13.1. The second kappa shape index (κ2) is 14.6. The lowest BCUT2D eigenvalue weighted by molar-refractivity contribution is -0.135. The third-order valence-corrected chi connectivity index (χ3v) is 8.77. The van der Waals surface area contributed by atoms with Crippen molar-refractivity contribution in [2.24, 2.45) is 0 Å². The molecule has 3 aromatic carbocycles. The predicted molar refractivity (Wildman–Crippen MR) is 161 cm³/mol. The molecular weight excluding hydrogens is 574 g/mol. The van der Waals surface area contributed by atoms with Crippen molar-refractivity contribution < 1.29 is 33.3 Å². The van der Waals surface area contributed by atoms with Crippen LogP contribution in [-0.4, -0.2) is 31.6 Å². The van der Waals surface area contributed by atoms with Crippen molar-refractivity contribution in [3.05, 3.63) is 98.7 Å². The minimum atomic E-state index is -0.794. The number of thioether (sulfide) groups is 2. The summed E-state index contributed by atoms with van der Waals surface area (Å²) in [5.41, 5.74) is 1.46. The number of hydrogen-bond donors (Lipinski definition) is 0. The maximum Gasteiger partial charge on any atom is 0.343 e. The lowest BCUT2D eigenvalue weighted by Crippen LogP contribution is -2.11. The number of hydrogen-bond acceptors (Lipinski definition) is 9. The van der Waals surface area contributed by atoms with E-state index in [-0.39, 0.29) is 17.2 Å². The van der Waals surface area contributed by atoms with E-state index in [1.807, 2.05) is 6.92 Å². The van der Waals surface area contributed by atoms with E-state index in [2.05, 4.69) is 11.8 Å². The molecule has 1 heterocycles. The fourth-order valence-corrected chi connectivity index (χ4v) is 6.41. The van der Waals surface area contributed by atoms with E-state index < -0.39 is 17.9 Å². The quantitative estimate of drug-likeness (QED) is 0.0714. The Kier molecular flexibility index (Phi) is 10.7. The van der Waals surface area contributed by atoms with Gasteiger partial charge in [0.25, 0.3) is 5.70 Å². The van der Waals surface area contributed by atoms with Gasteiger partial charge in [0.05, 0.1) is 45.4 Å². The number of esters is 3. The van der Waals surface area contributed by atoms with Gasteiger partial charge in [-0.05, 0) is 61.9 Å². The van der Waals surface area contributed by atoms with Crippen LogP contribution in [0.4, 0.5) is 0 Å². The van der Waals surface area contributed by atoms with Crippen molar-refractivity contribution >= 4 is 41.4 Å². The number of rotatable bonds is 11. The molecule has 0 amide bonds. The molecule has 42 heavy (non-hydrogen) atoms. The molecular formula is C32H29NO7S2. The first-order chi connectivity index (χ1) is 20.3. The van der Waals surface area contributed by atoms with Crippen LogP contribution in [0.5, 0.6) is 17.2 Å². The number of aryl methyl sites for hydroxylation is 1. The highest BCUT2D eigenvalue weighted by Crippen LogP contribution is 2.59. The van der Waals surface area contributed by atoms with E-state index in [1.165, 1.54) is 25.7 Å². The Hall–Kier alpha value is -4.20. The third-order valence-electron chi connectivity index (χ3n) is 6.16. The number of carbonyl (C=O) groups excluding carboxylic acids is 3. The van der Waals surface area contributed by atoms with Crippen LogP contribution < -0.4 is 14.2 Å². The van der Waals surface area contributed by atoms with Gasteiger partial charge in [0.15, 0.2) is 0 Å². The highest BCUT2D eigenvalue weighted by atomic mass is 32.2. The number of unbranched alkanes of at least 4 members (excludes halogenated alkanes) is 3. The smallest absolute Gasteiger partial charge is 0.343 e. The molecule has 0 bridgehead atoms. The molecule has 216 valence electrons. The Morgan fingerprint density at radius 2 is 1.33 bits per heavy atom. The van der Waals surface area contributed by atoms with E-state index in [0.717, 1.165) is 48.3 Å². The molecule has 3 aromatic rings. The highest BCUT2D eigenvalue weighted by molar-refractivity contribution is 8.24. The normalized spacial score (nSPS) is 13.0. The summed E-state index contributed by atoms with van der Waals surface area (Å²) in [5, 5.41) is 0. The molecule has 0 spiro atoms. The molecule has 0 N–H and O–H groups in total. The number of nitrogens with zero attached hydrogens (tertiary/aromatic N) is 1. The monoisotopic (exact) mass is 603 g/mol. The SMILES string of the molecule is [C-]#[N+]/C(C(=O)OC)=C1\Sc2c(OC(=O)c3ccc(C)cc3)ccc(OC(=O)c3ccc(OCCCCCC)cc3)c2S1. The Morgan fingerprint density at radius 3 is 1.83 bits per heavy atom. The van der Waals surface area contributed by atoms with Crippen LogP contribution >= 0.6 is 23.5 Å². The summed E-state index contributed by atoms with van der Waals surface area (Å²) >= 11 is 2.14. The molecule has 0 saturated carbocycles. The van der Waals surface area contributed by atoms with E-state index in [4.69, 9.17) is 25.5 Å². The second-order valence-electron chi connectivity index (χ2n) is 9.24. The Balaban J connectivity index is 1.57. The summed E-state index contributed by atoms with van der Waals surface area (Å²) in [6, 6.07) is 16.7. The molecule has 0 saturated heterocycles. The second-order valence-corrected chi connectivity index (χ2v) is 11.5. The molecule has 0 atom stereocenters. The zero-order valence-corrected chi connectivity index (χ0v) is 25.1. The van der Waals surface area contributed by atoms with Crippen LogP contribution in [0.2, 0.25) is 0 Å². The molecule has 0 aliphatic carbocycles. The molecule has 4 rings (SSSR count). The number of benzene rings is 3. The molecule has 1 aliphatic heterocycles. The van der Waals surface area contributed by atoms with E-state index in [1.54, 1.807) is 48.5 Å². The number of ether oxygens (including phenoxy) is 4. The third kappa shape index (κ3) is 7.55. The molecule has 0 aromatic heterocycles. The van der Waals surface area contributed by atoms with Gasteiger partial charge < -0.3 is 18.9 Å². The summed E-state index contributed by atoms with van der Waals surface area (Å²) in [6.45, 7) is 12.2. The van der Waals surface area contributed by atoms with Crippen LogP contribution in [0, 0.1) is 13.5 Å². The predicted octanol–water partition coefficient (Wildman–Crippen LogP) is 7.85. The zero-order valence-electron chi connectivity index (χ0n) is 23.4. The van der Waals surface area contributed by atoms with E-state index >= 15 is 0 Å². The largest absolute Gasteiger partial charge is 0.494 e. The van der Waals surface area contributed by atoms with Crippen LogP contribution in [0.3, 0.4) is 0 Å². The van der Waals surface area contributed by atoms with Gasteiger partial charge in [0.1, 0.15) is 17.2 Å². The van der Waals surface area contributed by atoms with Gasteiger partial charge in [0.2, 0.25) is 0 Å². The fourth-order valence-electron chi connectivity index (χ4n) is 3.87. The summed E-state index contributed by atoms with van der Waals surface area (Å²) in [4.78, 5) is 42.4. The molecule has 0 fully saturated rings. The molecule has 0 unspecified atom stereocenters. The molecule has 8 nitrogen and oxygen atoms in total. The molecule has 10 heteroatoms. The van der Waals surface area contributed by atoms with Gasteiger partial charge >= 0.3 is 17.9 Å². The average Bonchev–Trinajstić information content (AvgIpc) is 3.45. The minimum absolute atomic E-state index is 0.197. The Labute approximate surface area is 253 Å². The van der Waals surface area contributed by atoms with Crippen LogP contribution in [0.1, 0.15) is 58.9 Å². The standard InChI is InChI=1S/C32H29NO7S2/c1-5-6-7-8-19-38-23-15-13-22(14-16-23)30(35)40-25-18-17-24(39-29(34)21-11-9-20(2)10-12-21)27-28(25)42-32(41-27)26(33-3)31(36)37-4/h9-18H,5-8,19H2,1-2,4H3/b32-26+. The molecule has 0 radical (unpaired) electrons. The fraction of sp³-hybridized carbons (Fsp3) is 0.250. The van der Waals surface area contributed by atoms with Gasteiger partial charge in [-0.2, -0.15) is 0 Å². The zero-order chi connectivity index (χ0) is 30.1. The van der Waals surface area contributed by atoms with Crippen molar-refractivity contribution in [3.8, 4) is 17.2 Å². The number of fused-ring (bicyclic) bond motifs is 1. The first kappa shape index (κ1) is 30.8.